The van der Waals surface area contributed by atoms with Gasteiger partial charge in [0.25, 0.3) is 0 Å². The Morgan fingerprint density at radius 3 is 2.77 bits per heavy atom. The fourth-order valence-corrected chi connectivity index (χ4v) is 1.69. The van der Waals surface area contributed by atoms with Crippen LogP contribution in [0.3, 0.4) is 0 Å². The van der Waals surface area contributed by atoms with E-state index in [0.29, 0.717) is 23.2 Å². The molecule has 0 aliphatic rings. The predicted molar refractivity (Wildman–Crippen MR) is 53.4 cm³/mol. The van der Waals surface area contributed by atoms with E-state index in [0.717, 1.165) is 5.56 Å². The van der Waals surface area contributed by atoms with Crippen LogP contribution in [0.4, 0.5) is 4.39 Å². The Labute approximate surface area is 85.0 Å². The second kappa shape index (κ2) is 4.58. The maximum Gasteiger partial charge on any atom is 0.141 e. The second-order valence-corrected chi connectivity index (χ2v) is 3.39. The summed E-state index contributed by atoms with van der Waals surface area (Å²) in [5.41, 5.74) is 6.32. The molecule has 0 aliphatic carbocycles. The van der Waals surface area contributed by atoms with E-state index in [2.05, 4.69) is 15.9 Å². The van der Waals surface area contributed by atoms with Crippen LogP contribution in [0.1, 0.15) is 5.56 Å². The zero-order valence-corrected chi connectivity index (χ0v) is 8.90. The first-order chi connectivity index (χ1) is 6.20. The fraction of sp³-hybridized carbons (Fsp3) is 0.333. The van der Waals surface area contributed by atoms with Gasteiger partial charge in [0.2, 0.25) is 0 Å². The van der Waals surface area contributed by atoms with Crippen molar-refractivity contribution in [2.75, 3.05) is 13.7 Å². The maximum absolute atomic E-state index is 13.0. The van der Waals surface area contributed by atoms with Crippen molar-refractivity contribution in [2.45, 2.75) is 6.42 Å². The quantitative estimate of drug-likeness (QED) is 0.888. The number of benzene rings is 1. The van der Waals surface area contributed by atoms with Crippen LogP contribution in [0.2, 0.25) is 0 Å². The van der Waals surface area contributed by atoms with Crippen LogP contribution in [-0.4, -0.2) is 13.7 Å². The summed E-state index contributed by atoms with van der Waals surface area (Å²) in [4.78, 5) is 0. The molecule has 1 rings (SSSR count). The molecule has 0 radical (unpaired) electrons. The van der Waals surface area contributed by atoms with E-state index < -0.39 is 0 Å². The number of methoxy groups -OCH3 is 1. The van der Waals surface area contributed by atoms with Gasteiger partial charge in [-0.3, -0.25) is 0 Å². The van der Waals surface area contributed by atoms with Crippen molar-refractivity contribution in [3.8, 4) is 5.75 Å². The number of hydrogen-bond donors (Lipinski definition) is 1. The first-order valence-electron chi connectivity index (χ1n) is 3.91. The van der Waals surface area contributed by atoms with E-state index in [4.69, 9.17) is 10.5 Å². The smallest absolute Gasteiger partial charge is 0.141 e. The topological polar surface area (TPSA) is 35.2 Å². The summed E-state index contributed by atoms with van der Waals surface area (Å²) in [6.07, 6.45) is 0.683. The summed E-state index contributed by atoms with van der Waals surface area (Å²) >= 11 is 3.12. The Bertz CT molecular complexity index is 304. The summed E-state index contributed by atoms with van der Waals surface area (Å²) in [6, 6.07) is 3.09. The van der Waals surface area contributed by atoms with Crippen LogP contribution in [0.25, 0.3) is 0 Å². The summed E-state index contributed by atoms with van der Waals surface area (Å²) in [5.74, 6) is 0.211. The molecule has 2 N–H and O–H groups in total. The average molecular weight is 248 g/mol. The molecule has 0 bridgehead atoms. The number of rotatable bonds is 3. The van der Waals surface area contributed by atoms with Gasteiger partial charge in [-0.15, -0.1) is 0 Å². The third kappa shape index (κ3) is 2.19. The van der Waals surface area contributed by atoms with Crippen LogP contribution in [-0.2, 0) is 6.42 Å². The molecule has 0 saturated heterocycles. The number of ether oxygens (including phenoxy) is 1. The van der Waals surface area contributed by atoms with Crippen molar-refractivity contribution in [3.05, 3.63) is 28.0 Å². The molecule has 0 aromatic heterocycles. The van der Waals surface area contributed by atoms with E-state index in [-0.39, 0.29) is 5.82 Å². The zero-order chi connectivity index (χ0) is 9.84. The highest BCUT2D eigenvalue weighted by atomic mass is 79.9. The van der Waals surface area contributed by atoms with E-state index in [9.17, 15) is 4.39 Å². The minimum atomic E-state index is -0.322. The number of nitrogens with two attached hydrogens (primary N) is 1. The lowest BCUT2D eigenvalue weighted by atomic mass is 10.1. The van der Waals surface area contributed by atoms with Crippen molar-refractivity contribution in [1.82, 2.24) is 0 Å². The molecule has 0 atom stereocenters. The molecule has 4 heteroatoms. The zero-order valence-electron chi connectivity index (χ0n) is 7.31. The summed E-state index contributed by atoms with van der Waals surface area (Å²) < 4.78 is 18.5. The summed E-state index contributed by atoms with van der Waals surface area (Å²) in [7, 11) is 1.51. The van der Waals surface area contributed by atoms with Crippen LogP contribution in [0.5, 0.6) is 5.75 Å². The molecule has 0 amide bonds. The molecule has 0 unspecified atom stereocenters. The van der Waals surface area contributed by atoms with Gasteiger partial charge in [0.1, 0.15) is 11.6 Å². The van der Waals surface area contributed by atoms with Crippen LogP contribution in [0, 0.1) is 5.82 Å². The monoisotopic (exact) mass is 247 g/mol. The lowest BCUT2D eigenvalue weighted by Gasteiger charge is -2.09. The number of halogens is 2. The second-order valence-electron chi connectivity index (χ2n) is 2.59. The Hall–Kier alpha value is -0.610. The number of hydrogen-bond acceptors (Lipinski definition) is 2. The van der Waals surface area contributed by atoms with Gasteiger partial charge in [-0.25, -0.2) is 4.39 Å². The third-order valence-electron chi connectivity index (χ3n) is 1.75. The third-order valence-corrected chi connectivity index (χ3v) is 2.49. The lowest BCUT2D eigenvalue weighted by Crippen LogP contribution is -2.05. The van der Waals surface area contributed by atoms with Gasteiger partial charge < -0.3 is 10.5 Å². The van der Waals surface area contributed by atoms with Gasteiger partial charge in [-0.05, 0) is 40.5 Å². The first-order valence-corrected chi connectivity index (χ1v) is 4.71. The van der Waals surface area contributed by atoms with Gasteiger partial charge >= 0.3 is 0 Å². The Morgan fingerprint density at radius 2 is 2.23 bits per heavy atom. The molecule has 2 nitrogen and oxygen atoms in total. The first kappa shape index (κ1) is 10.5. The van der Waals surface area contributed by atoms with Crippen LogP contribution < -0.4 is 10.5 Å². The minimum Gasteiger partial charge on any atom is -0.495 e. The highest BCUT2D eigenvalue weighted by Crippen LogP contribution is 2.31. The van der Waals surface area contributed by atoms with Crippen molar-refractivity contribution in [2.24, 2.45) is 5.73 Å². The maximum atomic E-state index is 13.0. The van der Waals surface area contributed by atoms with Crippen LogP contribution >= 0.6 is 15.9 Å². The molecule has 0 saturated carbocycles. The molecule has 0 heterocycles. The Balaban J connectivity index is 3.13. The Morgan fingerprint density at radius 1 is 1.54 bits per heavy atom. The average Bonchev–Trinajstić information content (AvgIpc) is 2.12. The molecule has 1 aromatic rings. The molecule has 0 spiro atoms. The van der Waals surface area contributed by atoms with Gasteiger partial charge in [-0.1, -0.05) is 6.07 Å². The molecule has 0 fully saturated rings. The summed E-state index contributed by atoms with van der Waals surface area (Å²) in [6.45, 7) is 0.522. The molecule has 0 aliphatic heterocycles. The van der Waals surface area contributed by atoms with E-state index in [1.807, 2.05) is 0 Å². The van der Waals surface area contributed by atoms with Crippen molar-refractivity contribution in [3.63, 3.8) is 0 Å². The SMILES string of the molecule is COc1c(CCN)ccc(F)c1Br. The van der Waals surface area contributed by atoms with Crippen molar-refractivity contribution >= 4 is 15.9 Å². The van der Waals surface area contributed by atoms with E-state index in [1.54, 1.807) is 6.07 Å². The standard InChI is InChI=1S/C9H11BrFNO/c1-13-9-6(4-5-12)2-3-7(11)8(9)10/h2-3H,4-5,12H2,1H3. The fourth-order valence-electron chi connectivity index (χ4n) is 1.15. The van der Waals surface area contributed by atoms with E-state index in [1.165, 1.54) is 13.2 Å². The molecule has 1 aromatic carbocycles. The minimum absolute atomic E-state index is 0.322. The van der Waals surface area contributed by atoms with Gasteiger partial charge in [0, 0.05) is 0 Å². The van der Waals surface area contributed by atoms with E-state index >= 15 is 0 Å². The van der Waals surface area contributed by atoms with Gasteiger partial charge in [0.15, 0.2) is 0 Å². The lowest BCUT2D eigenvalue weighted by molar-refractivity contribution is 0.402. The normalized spacial score (nSPS) is 10.2. The van der Waals surface area contributed by atoms with Gasteiger partial charge in [0.05, 0.1) is 11.6 Å². The highest BCUT2D eigenvalue weighted by molar-refractivity contribution is 9.10. The Kier molecular flexibility index (Phi) is 3.69. The van der Waals surface area contributed by atoms with Crippen molar-refractivity contribution < 1.29 is 9.13 Å². The summed E-state index contributed by atoms with van der Waals surface area (Å²) in [5, 5.41) is 0. The molecular weight excluding hydrogens is 237 g/mol. The van der Waals surface area contributed by atoms with Gasteiger partial charge in [-0.2, -0.15) is 0 Å². The molecular formula is C9H11BrFNO. The largest absolute Gasteiger partial charge is 0.495 e. The highest BCUT2D eigenvalue weighted by Gasteiger charge is 2.10. The van der Waals surface area contributed by atoms with Crippen molar-refractivity contribution in [1.29, 1.82) is 0 Å². The predicted octanol–water partition coefficient (Wildman–Crippen LogP) is 2.10. The molecule has 13 heavy (non-hydrogen) atoms. The van der Waals surface area contributed by atoms with Crippen LogP contribution in [0.15, 0.2) is 16.6 Å². The molecule has 72 valence electrons.